The van der Waals surface area contributed by atoms with Crippen LogP contribution in [0.1, 0.15) is 32.1 Å². The second-order valence-electron chi connectivity index (χ2n) is 11.5. The van der Waals surface area contributed by atoms with E-state index in [1.165, 1.54) is 20.0 Å². The largest absolute Gasteiger partial charge is 0.493 e. The maximum absolute atomic E-state index is 14.2. The molecular weight excluding hydrogens is 557 g/mol. The van der Waals surface area contributed by atoms with Crippen LogP contribution in [0.3, 0.4) is 0 Å². The minimum atomic E-state index is -2.31. The number of halogens is 5. The van der Waals surface area contributed by atoms with Crippen LogP contribution >= 0.6 is 12.2 Å². The normalized spacial score (nSPS) is 35.6. The van der Waals surface area contributed by atoms with Crippen LogP contribution in [-0.2, 0) is 14.2 Å². The number of rotatable bonds is 5. The summed E-state index contributed by atoms with van der Waals surface area (Å²) in [6.45, 7) is 1.67. The number of hydrogen-bond donors (Lipinski definition) is 1. The number of piperidine rings is 1. The van der Waals surface area contributed by atoms with E-state index in [4.69, 9.17) is 31.2 Å². The van der Waals surface area contributed by atoms with Crippen molar-refractivity contribution in [3.05, 3.63) is 64.6 Å². The van der Waals surface area contributed by atoms with Gasteiger partial charge < -0.3 is 24.1 Å². The van der Waals surface area contributed by atoms with Crippen molar-refractivity contribution in [2.75, 3.05) is 20.2 Å². The van der Waals surface area contributed by atoms with Crippen molar-refractivity contribution >= 4 is 17.5 Å². The molecule has 2 saturated carbocycles. The molecule has 7 rings (SSSR count). The molecule has 0 radical (unpaired) electrons. The summed E-state index contributed by atoms with van der Waals surface area (Å²) < 4.78 is 92.0. The Hall–Kier alpha value is -2.70. The molecule has 0 amide bonds. The summed E-state index contributed by atoms with van der Waals surface area (Å²) in [5.74, 6) is -10.8. The maximum atomic E-state index is 14.2. The molecule has 4 aliphatic carbocycles. The number of ether oxygens (including phenoxy) is 4. The molecular formula is C28H26F5NO5S. The van der Waals surface area contributed by atoms with E-state index in [-0.39, 0.29) is 30.1 Å². The molecule has 6 aliphatic rings. The third-order valence-electron chi connectivity index (χ3n) is 9.66. The molecule has 2 saturated heterocycles. The number of thiocarbonyl (C=S) groups is 1. The second kappa shape index (κ2) is 8.90. The molecule has 6 nitrogen and oxygen atoms in total. The van der Waals surface area contributed by atoms with Gasteiger partial charge in [-0.05, 0) is 56.2 Å². The van der Waals surface area contributed by atoms with Crippen molar-refractivity contribution in [3.63, 3.8) is 0 Å². The number of hydrogen-bond acceptors (Lipinski definition) is 7. The number of allylic oxidation sites excluding steroid dienone is 3. The van der Waals surface area contributed by atoms with E-state index in [2.05, 4.69) is 11.0 Å². The predicted octanol–water partition coefficient (Wildman–Crippen LogP) is 5.01. The topological polar surface area (TPSA) is 60.4 Å². The summed E-state index contributed by atoms with van der Waals surface area (Å²) in [5.41, 5.74) is -2.00. The summed E-state index contributed by atoms with van der Waals surface area (Å²) in [6, 6.07) is -0.128. The van der Waals surface area contributed by atoms with Crippen LogP contribution in [-0.4, -0.2) is 53.2 Å². The maximum Gasteiger partial charge on any atom is 0.363 e. The summed E-state index contributed by atoms with van der Waals surface area (Å²) >= 11 is 5.03. The minimum absolute atomic E-state index is 0.0714. The molecule has 2 bridgehead atoms. The predicted molar refractivity (Wildman–Crippen MR) is 133 cm³/mol. The van der Waals surface area contributed by atoms with E-state index >= 15 is 0 Å². The molecule has 2 unspecified atom stereocenters. The van der Waals surface area contributed by atoms with Crippen LogP contribution in [0, 0.1) is 52.3 Å². The van der Waals surface area contributed by atoms with Gasteiger partial charge in [-0.1, -0.05) is 6.08 Å². The number of methoxy groups -OCH3 is 1. The van der Waals surface area contributed by atoms with E-state index in [9.17, 15) is 27.1 Å². The van der Waals surface area contributed by atoms with Crippen LogP contribution in [0.4, 0.5) is 22.0 Å². The first-order valence-corrected chi connectivity index (χ1v) is 13.7. The van der Waals surface area contributed by atoms with Crippen LogP contribution in [0.5, 0.6) is 5.75 Å². The monoisotopic (exact) mass is 583 g/mol. The number of nitrogens with zero attached hydrogens (tertiary/aromatic N) is 1. The second-order valence-corrected chi connectivity index (χ2v) is 11.8. The van der Waals surface area contributed by atoms with E-state index in [0.717, 1.165) is 19.5 Å². The zero-order valence-electron chi connectivity index (χ0n) is 21.4. The van der Waals surface area contributed by atoms with Gasteiger partial charge in [0.2, 0.25) is 34.8 Å². The van der Waals surface area contributed by atoms with Gasteiger partial charge in [0.05, 0.1) is 18.1 Å². The Balaban J connectivity index is 1.24. The molecule has 40 heavy (non-hydrogen) atoms. The fourth-order valence-electron chi connectivity index (χ4n) is 7.80. The van der Waals surface area contributed by atoms with Crippen molar-refractivity contribution in [1.82, 2.24) is 4.90 Å². The van der Waals surface area contributed by atoms with E-state index in [0.29, 0.717) is 23.9 Å². The van der Waals surface area contributed by atoms with Crippen molar-refractivity contribution in [1.29, 1.82) is 0 Å². The van der Waals surface area contributed by atoms with Gasteiger partial charge in [-0.2, -0.15) is 8.78 Å². The average molecular weight is 584 g/mol. The standard InChI is InChI=1S/C28H26F5NO5S/c1-36-14-5-4-13-10-16-28(35)7-6-15(37-26(40)39-24-21(32)19(30)18(29)20(31)22(24)33)25-27(28,17(13)23(14)38-25)8-9-34(16)11-12-2-3-12/h4-6,12-13,16-17,25,35H,2-3,7-11H2,1H3/t13?,16-,17?,25+,27+,28-/m1/s1. The SMILES string of the molecule is COC1=C2O[C@H]3C(OC(=S)Oc4c(F)c(F)c(F)c(F)c4F)=CC[C@@]4(O)[C@H]5CC(C=C1)C2[C@@]34CCN5CC1CC1. The van der Waals surface area contributed by atoms with Crippen LogP contribution in [0.2, 0.25) is 0 Å². The number of likely N-dealkylation sites (tertiary alicyclic amines) is 1. The zero-order chi connectivity index (χ0) is 28.1. The number of benzene rings is 1. The quantitative estimate of drug-likeness (QED) is 0.226. The molecule has 214 valence electrons. The highest BCUT2D eigenvalue weighted by atomic mass is 32.1. The van der Waals surface area contributed by atoms with Gasteiger partial charge in [0.25, 0.3) is 0 Å². The Bertz CT molecular complexity index is 1380. The van der Waals surface area contributed by atoms with Crippen molar-refractivity contribution in [2.45, 2.75) is 49.9 Å². The van der Waals surface area contributed by atoms with Crippen molar-refractivity contribution in [2.24, 2.45) is 23.2 Å². The Morgan fingerprint density at radius 3 is 2.48 bits per heavy atom. The van der Waals surface area contributed by atoms with Gasteiger partial charge in [-0.15, -0.1) is 0 Å². The molecule has 1 spiro atoms. The lowest BCUT2D eigenvalue weighted by Crippen LogP contribution is -2.75. The Morgan fingerprint density at radius 1 is 1.10 bits per heavy atom. The Kier molecular flexibility index (Phi) is 5.83. The first-order valence-electron chi connectivity index (χ1n) is 13.3. The lowest BCUT2D eigenvalue weighted by atomic mass is 9.45. The molecule has 0 aromatic heterocycles. The van der Waals surface area contributed by atoms with Gasteiger partial charge in [0.15, 0.2) is 11.9 Å². The van der Waals surface area contributed by atoms with Gasteiger partial charge in [-0.25, -0.2) is 13.2 Å². The van der Waals surface area contributed by atoms with E-state index in [1.807, 2.05) is 6.08 Å². The van der Waals surface area contributed by atoms with Gasteiger partial charge >= 0.3 is 5.24 Å². The zero-order valence-corrected chi connectivity index (χ0v) is 22.2. The van der Waals surface area contributed by atoms with Crippen LogP contribution in [0.25, 0.3) is 0 Å². The van der Waals surface area contributed by atoms with Crippen molar-refractivity contribution < 1.29 is 46.0 Å². The minimum Gasteiger partial charge on any atom is -0.493 e. The molecule has 2 heterocycles. The Labute approximate surface area is 232 Å². The first kappa shape index (κ1) is 26.2. The van der Waals surface area contributed by atoms with Crippen molar-refractivity contribution in [3.8, 4) is 5.75 Å². The third kappa shape index (κ3) is 3.41. The van der Waals surface area contributed by atoms with Gasteiger partial charge in [0, 0.05) is 37.1 Å². The highest BCUT2D eigenvalue weighted by Crippen LogP contribution is 2.70. The summed E-state index contributed by atoms with van der Waals surface area (Å²) in [4.78, 5) is 2.40. The lowest BCUT2D eigenvalue weighted by molar-refractivity contribution is -0.235. The molecule has 1 aromatic carbocycles. The Morgan fingerprint density at radius 2 is 1.80 bits per heavy atom. The number of aliphatic hydroxyl groups is 1. The molecule has 1 N–H and O–H groups in total. The molecule has 4 fully saturated rings. The third-order valence-corrected chi connectivity index (χ3v) is 9.83. The highest BCUT2D eigenvalue weighted by molar-refractivity contribution is 7.79. The van der Waals surface area contributed by atoms with Crippen LogP contribution < -0.4 is 4.74 Å². The van der Waals surface area contributed by atoms with Gasteiger partial charge in [0.1, 0.15) is 11.5 Å². The average Bonchev–Trinajstić information content (AvgIpc) is 3.69. The van der Waals surface area contributed by atoms with Crippen LogP contribution in [0.15, 0.2) is 35.5 Å². The molecule has 2 aliphatic heterocycles. The smallest absolute Gasteiger partial charge is 0.363 e. The summed E-state index contributed by atoms with van der Waals surface area (Å²) in [6.07, 6.45) is 8.64. The molecule has 12 heteroatoms. The fraction of sp³-hybridized carbons (Fsp3) is 0.536. The summed E-state index contributed by atoms with van der Waals surface area (Å²) in [7, 11) is 1.53. The van der Waals surface area contributed by atoms with E-state index in [1.54, 1.807) is 6.08 Å². The van der Waals surface area contributed by atoms with E-state index < -0.39 is 57.2 Å². The first-order chi connectivity index (χ1) is 19.1. The fourth-order valence-corrected chi connectivity index (χ4v) is 7.98. The molecule has 6 atom stereocenters. The highest BCUT2D eigenvalue weighted by Gasteiger charge is 2.76. The molecule has 1 aromatic rings. The van der Waals surface area contributed by atoms with Gasteiger partial charge in [-0.3, -0.25) is 4.90 Å². The summed E-state index contributed by atoms with van der Waals surface area (Å²) in [5, 5.41) is 11.6. The lowest BCUT2D eigenvalue weighted by Gasteiger charge is -2.65.